The maximum absolute atomic E-state index is 5.82. The fourth-order valence-corrected chi connectivity index (χ4v) is 2.59. The first-order valence-electron chi connectivity index (χ1n) is 8.19. The van der Waals surface area contributed by atoms with E-state index in [2.05, 4.69) is 50.4 Å². The van der Waals surface area contributed by atoms with Gasteiger partial charge in [0, 0.05) is 6.04 Å². The van der Waals surface area contributed by atoms with Crippen molar-refractivity contribution in [2.45, 2.75) is 65.0 Å². The van der Waals surface area contributed by atoms with Gasteiger partial charge in [0.1, 0.15) is 5.75 Å². The van der Waals surface area contributed by atoms with E-state index in [1.165, 1.54) is 37.7 Å². The van der Waals surface area contributed by atoms with E-state index in [1.807, 2.05) is 0 Å². The van der Waals surface area contributed by atoms with Gasteiger partial charge in [-0.25, -0.2) is 0 Å². The number of benzene rings is 1. The molecule has 1 atom stereocenters. The Balaban J connectivity index is 2.00. The molecule has 0 spiro atoms. The Morgan fingerprint density at radius 1 is 1.30 bits per heavy atom. The topological polar surface area (TPSA) is 21.3 Å². The molecule has 20 heavy (non-hydrogen) atoms. The molecule has 0 saturated heterocycles. The Morgan fingerprint density at radius 3 is 2.75 bits per heavy atom. The monoisotopic (exact) mass is 275 g/mol. The number of rotatable bonds is 9. The van der Waals surface area contributed by atoms with Crippen LogP contribution in [0.5, 0.6) is 5.75 Å². The fraction of sp³-hybridized carbons (Fsp3) is 0.667. The summed E-state index contributed by atoms with van der Waals surface area (Å²) in [6, 6.07) is 9.09. The van der Waals surface area contributed by atoms with Crippen LogP contribution in [0.3, 0.4) is 0 Å². The molecule has 2 heteroatoms. The van der Waals surface area contributed by atoms with E-state index in [-0.39, 0.29) is 6.10 Å². The van der Waals surface area contributed by atoms with Gasteiger partial charge in [0.25, 0.3) is 0 Å². The maximum atomic E-state index is 5.82. The molecule has 0 amide bonds. The Kier molecular flexibility index (Phi) is 5.90. The molecule has 0 aliphatic heterocycles. The van der Waals surface area contributed by atoms with Gasteiger partial charge >= 0.3 is 0 Å². The highest BCUT2D eigenvalue weighted by atomic mass is 16.5. The van der Waals surface area contributed by atoms with Gasteiger partial charge in [0.15, 0.2) is 0 Å². The van der Waals surface area contributed by atoms with Gasteiger partial charge in [0.05, 0.1) is 6.10 Å². The Morgan fingerprint density at radius 2 is 2.10 bits per heavy atom. The van der Waals surface area contributed by atoms with Gasteiger partial charge in [-0.3, -0.25) is 0 Å². The van der Waals surface area contributed by atoms with E-state index in [0.717, 1.165) is 18.2 Å². The second-order valence-corrected chi connectivity index (χ2v) is 6.27. The third-order valence-corrected chi connectivity index (χ3v) is 3.83. The van der Waals surface area contributed by atoms with E-state index in [9.17, 15) is 0 Å². The first-order chi connectivity index (χ1) is 9.69. The lowest BCUT2D eigenvalue weighted by molar-refractivity contribution is 0.242. The Labute approximate surface area is 123 Å². The van der Waals surface area contributed by atoms with Crippen molar-refractivity contribution in [3.05, 3.63) is 29.8 Å². The molecular weight excluding hydrogens is 246 g/mol. The molecule has 0 heterocycles. The highest BCUT2D eigenvalue weighted by molar-refractivity contribution is 5.30. The van der Waals surface area contributed by atoms with Gasteiger partial charge in [-0.15, -0.1) is 0 Å². The summed E-state index contributed by atoms with van der Waals surface area (Å²) < 4.78 is 5.82. The average molecular weight is 275 g/mol. The summed E-state index contributed by atoms with van der Waals surface area (Å²) in [7, 11) is 0. The van der Waals surface area contributed by atoms with Gasteiger partial charge in [-0.2, -0.15) is 0 Å². The normalized spacial score (nSPS) is 16.4. The van der Waals surface area contributed by atoms with Crippen molar-refractivity contribution in [2.24, 2.45) is 5.92 Å². The van der Waals surface area contributed by atoms with Crippen LogP contribution in [0.15, 0.2) is 24.3 Å². The van der Waals surface area contributed by atoms with Crippen molar-refractivity contribution in [1.29, 1.82) is 0 Å². The molecule has 1 aromatic carbocycles. The van der Waals surface area contributed by atoms with Crippen molar-refractivity contribution in [2.75, 3.05) is 6.54 Å². The highest BCUT2D eigenvalue weighted by Gasteiger charge is 2.23. The summed E-state index contributed by atoms with van der Waals surface area (Å²) in [6.07, 6.45) is 6.90. The van der Waals surface area contributed by atoms with Crippen LogP contribution in [-0.4, -0.2) is 12.6 Å². The summed E-state index contributed by atoms with van der Waals surface area (Å²) in [6.45, 7) is 7.47. The van der Waals surface area contributed by atoms with Crippen LogP contribution in [0.2, 0.25) is 0 Å². The van der Waals surface area contributed by atoms with Gasteiger partial charge in [-0.05, 0) is 63.3 Å². The molecule has 1 fully saturated rings. The molecule has 1 aromatic rings. The Bertz CT molecular complexity index is 398. The predicted octanol–water partition coefficient (Wildman–Crippen LogP) is 4.70. The van der Waals surface area contributed by atoms with Crippen molar-refractivity contribution in [3.63, 3.8) is 0 Å². The van der Waals surface area contributed by atoms with Crippen LogP contribution in [0, 0.1) is 5.92 Å². The summed E-state index contributed by atoms with van der Waals surface area (Å²) in [4.78, 5) is 0. The van der Waals surface area contributed by atoms with Crippen molar-refractivity contribution in [1.82, 2.24) is 5.32 Å². The molecule has 1 unspecified atom stereocenters. The standard InChI is InChI=1S/C18H29NO/c1-4-12-19-18(11-10-15-8-9-15)16-6-5-7-17(13-16)20-14(2)3/h5-7,13-15,18-19H,4,8-12H2,1-3H3. The zero-order chi connectivity index (χ0) is 14.4. The van der Waals surface area contributed by atoms with Crippen molar-refractivity contribution >= 4 is 0 Å². The van der Waals surface area contributed by atoms with Gasteiger partial charge in [0.2, 0.25) is 0 Å². The second kappa shape index (κ2) is 7.68. The van der Waals surface area contributed by atoms with Crippen LogP contribution >= 0.6 is 0 Å². The molecule has 112 valence electrons. The van der Waals surface area contributed by atoms with E-state index in [1.54, 1.807) is 0 Å². The number of hydrogen-bond acceptors (Lipinski definition) is 2. The SMILES string of the molecule is CCCNC(CCC1CC1)c1cccc(OC(C)C)c1. The molecule has 1 aliphatic rings. The largest absolute Gasteiger partial charge is 0.491 e. The van der Waals surface area contributed by atoms with Crippen LogP contribution in [0.25, 0.3) is 0 Å². The first-order valence-corrected chi connectivity index (χ1v) is 8.19. The fourth-order valence-electron chi connectivity index (χ4n) is 2.59. The number of hydrogen-bond donors (Lipinski definition) is 1. The average Bonchev–Trinajstić information content (AvgIpc) is 3.22. The molecular formula is C18H29NO. The lowest BCUT2D eigenvalue weighted by Crippen LogP contribution is -2.22. The summed E-state index contributed by atoms with van der Waals surface area (Å²) in [5.41, 5.74) is 1.37. The lowest BCUT2D eigenvalue weighted by atomic mass is 10.00. The van der Waals surface area contributed by atoms with Crippen molar-refractivity contribution in [3.8, 4) is 5.75 Å². The minimum Gasteiger partial charge on any atom is -0.491 e. The molecule has 1 N–H and O–H groups in total. The first kappa shape index (κ1) is 15.4. The van der Waals surface area contributed by atoms with E-state index < -0.39 is 0 Å². The molecule has 0 radical (unpaired) electrons. The third-order valence-electron chi connectivity index (χ3n) is 3.83. The minimum atomic E-state index is 0.235. The summed E-state index contributed by atoms with van der Waals surface area (Å²) in [5.74, 6) is 1.99. The minimum absolute atomic E-state index is 0.235. The lowest BCUT2D eigenvalue weighted by Gasteiger charge is -2.20. The van der Waals surface area contributed by atoms with E-state index >= 15 is 0 Å². The van der Waals surface area contributed by atoms with Crippen LogP contribution in [0.4, 0.5) is 0 Å². The van der Waals surface area contributed by atoms with Gasteiger partial charge in [-0.1, -0.05) is 31.9 Å². The summed E-state index contributed by atoms with van der Waals surface area (Å²) >= 11 is 0. The summed E-state index contributed by atoms with van der Waals surface area (Å²) in [5, 5.41) is 3.69. The van der Waals surface area contributed by atoms with Crippen LogP contribution in [0.1, 0.15) is 64.5 Å². The predicted molar refractivity (Wildman–Crippen MR) is 85.2 cm³/mol. The molecule has 2 nitrogen and oxygen atoms in total. The number of ether oxygens (including phenoxy) is 1. The molecule has 0 bridgehead atoms. The molecule has 2 rings (SSSR count). The number of nitrogens with one attached hydrogen (secondary N) is 1. The smallest absolute Gasteiger partial charge is 0.120 e. The molecule has 0 aromatic heterocycles. The van der Waals surface area contributed by atoms with Crippen LogP contribution < -0.4 is 10.1 Å². The van der Waals surface area contributed by atoms with Gasteiger partial charge < -0.3 is 10.1 Å². The van der Waals surface area contributed by atoms with E-state index in [0.29, 0.717) is 6.04 Å². The highest BCUT2D eigenvalue weighted by Crippen LogP contribution is 2.36. The van der Waals surface area contributed by atoms with E-state index in [4.69, 9.17) is 4.74 Å². The maximum Gasteiger partial charge on any atom is 0.120 e. The Hall–Kier alpha value is -1.02. The van der Waals surface area contributed by atoms with Crippen LogP contribution in [-0.2, 0) is 0 Å². The zero-order valence-corrected chi connectivity index (χ0v) is 13.2. The quantitative estimate of drug-likeness (QED) is 0.705. The van der Waals surface area contributed by atoms with Crippen molar-refractivity contribution < 1.29 is 4.74 Å². The zero-order valence-electron chi connectivity index (χ0n) is 13.2. The second-order valence-electron chi connectivity index (χ2n) is 6.27. The molecule has 1 saturated carbocycles. The third kappa shape index (κ3) is 5.16. The molecule has 1 aliphatic carbocycles.